The van der Waals surface area contributed by atoms with Crippen LogP contribution in [0.15, 0.2) is 0 Å². The molecule has 0 aliphatic rings. The summed E-state index contributed by atoms with van der Waals surface area (Å²) in [5.41, 5.74) is -0.658. The molecule has 0 heterocycles. The van der Waals surface area contributed by atoms with Crippen LogP contribution in [0.1, 0.15) is 20.8 Å². The fourth-order valence-corrected chi connectivity index (χ4v) is 0.948. The predicted molar refractivity (Wildman–Crippen MR) is 65.5 cm³/mol. The summed E-state index contributed by atoms with van der Waals surface area (Å²) in [6, 6.07) is -1.05. The van der Waals surface area contributed by atoms with E-state index in [0.717, 1.165) is 0 Å². The van der Waals surface area contributed by atoms with Crippen molar-refractivity contribution in [2.45, 2.75) is 26.8 Å². The van der Waals surface area contributed by atoms with Crippen LogP contribution in [0, 0.1) is 5.41 Å². The van der Waals surface area contributed by atoms with Crippen molar-refractivity contribution in [3.05, 3.63) is 0 Å². The number of nitrogens with one attached hydrogen (secondary N) is 3. The molecule has 0 aromatic carbocycles. The lowest BCUT2D eigenvalue weighted by atomic mass is 9.95. The van der Waals surface area contributed by atoms with Crippen molar-refractivity contribution in [2.75, 3.05) is 20.2 Å². The van der Waals surface area contributed by atoms with Gasteiger partial charge in [0.15, 0.2) is 0 Å². The number of hydrogen-bond donors (Lipinski definition) is 4. The van der Waals surface area contributed by atoms with Crippen LogP contribution in [-0.4, -0.2) is 49.1 Å². The molecule has 7 heteroatoms. The number of rotatable bonds is 5. The third kappa shape index (κ3) is 5.62. The van der Waals surface area contributed by atoms with Gasteiger partial charge in [0.25, 0.3) is 0 Å². The van der Waals surface area contributed by atoms with Crippen molar-refractivity contribution < 1.29 is 19.5 Å². The van der Waals surface area contributed by atoms with Gasteiger partial charge in [0.05, 0.1) is 13.2 Å². The highest BCUT2D eigenvalue weighted by Gasteiger charge is 2.27. The summed E-state index contributed by atoms with van der Waals surface area (Å²) in [4.78, 5) is 34.2. The average molecular weight is 259 g/mol. The minimum absolute atomic E-state index is 0.197. The Morgan fingerprint density at radius 3 is 2.17 bits per heavy atom. The van der Waals surface area contributed by atoms with Crippen LogP contribution >= 0.6 is 0 Å². The topological polar surface area (TPSA) is 108 Å². The molecule has 0 fully saturated rings. The highest BCUT2D eigenvalue weighted by Crippen LogP contribution is 2.12. The average Bonchev–Trinajstić information content (AvgIpc) is 2.30. The number of hydrogen-bond acceptors (Lipinski definition) is 4. The maximum absolute atomic E-state index is 11.7. The molecule has 0 saturated carbocycles. The molecule has 18 heavy (non-hydrogen) atoms. The molecule has 0 aliphatic heterocycles. The van der Waals surface area contributed by atoms with Crippen molar-refractivity contribution in [3.8, 4) is 0 Å². The Labute approximate surface area is 106 Å². The maximum atomic E-state index is 11.7. The molecule has 0 aromatic heterocycles. The number of likely N-dealkylation sites (N-methyl/N-ethyl adjacent to an activating group) is 1. The standard InChI is InChI=1S/C11H21N3O4/c1-11(2,3)10(18)14-7(6-15)9(17)13-5-8(16)12-4/h7,15H,5-6H2,1-4H3,(H,12,16)(H,13,17)(H,14,18). The molecule has 104 valence electrons. The van der Waals surface area contributed by atoms with Gasteiger partial charge in [-0.05, 0) is 0 Å². The molecular weight excluding hydrogens is 238 g/mol. The summed E-state index contributed by atoms with van der Waals surface area (Å²) in [7, 11) is 1.44. The second-order valence-corrected chi connectivity index (χ2v) is 4.85. The van der Waals surface area contributed by atoms with E-state index < -0.39 is 24.0 Å². The second kappa shape index (κ2) is 6.95. The molecule has 1 atom stereocenters. The summed E-state index contributed by atoms with van der Waals surface area (Å²) in [6.45, 7) is 4.36. The quantitative estimate of drug-likeness (QED) is 0.475. The molecule has 1 unspecified atom stereocenters. The summed E-state index contributed by atoms with van der Waals surface area (Å²) in [5, 5.41) is 16.1. The molecule has 0 saturated heterocycles. The van der Waals surface area contributed by atoms with E-state index in [1.165, 1.54) is 7.05 Å². The lowest BCUT2D eigenvalue weighted by Crippen LogP contribution is -2.52. The van der Waals surface area contributed by atoms with Gasteiger partial charge in [-0.2, -0.15) is 0 Å². The van der Waals surface area contributed by atoms with Crippen LogP contribution < -0.4 is 16.0 Å². The Bertz CT molecular complexity index is 323. The van der Waals surface area contributed by atoms with Gasteiger partial charge in [-0.3, -0.25) is 14.4 Å². The van der Waals surface area contributed by atoms with Gasteiger partial charge in [0.1, 0.15) is 6.04 Å². The van der Waals surface area contributed by atoms with Crippen molar-refractivity contribution in [1.29, 1.82) is 0 Å². The number of aliphatic hydroxyl groups is 1. The first-order valence-electron chi connectivity index (χ1n) is 5.62. The largest absolute Gasteiger partial charge is 0.394 e. The molecule has 0 aliphatic carbocycles. The van der Waals surface area contributed by atoms with Crippen LogP contribution in [0.3, 0.4) is 0 Å². The van der Waals surface area contributed by atoms with Gasteiger partial charge in [0.2, 0.25) is 17.7 Å². The number of amides is 3. The maximum Gasteiger partial charge on any atom is 0.245 e. The van der Waals surface area contributed by atoms with E-state index >= 15 is 0 Å². The van der Waals surface area contributed by atoms with Crippen molar-refractivity contribution in [1.82, 2.24) is 16.0 Å². The zero-order valence-corrected chi connectivity index (χ0v) is 11.2. The van der Waals surface area contributed by atoms with Crippen LogP contribution in [-0.2, 0) is 14.4 Å². The SMILES string of the molecule is CNC(=O)CNC(=O)C(CO)NC(=O)C(C)(C)C. The highest BCUT2D eigenvalue weighted by molar-refractivity contribution is 5.91. The van der Waals surface area contributed by atoms with Crippen LogP contribution in [0.4, 0.5) is 0 Å². The Kier molecular flexibility index (Phi) is 6.32. The molecule has 0 bridgehead atoms. The number of aliphatic hydroxyl groups excluding tert-OH is 1. The van der Waals surface area contributed by atoms with Crippen LogP contribution in [0.2, 0.25) is 0 Å². The summed E-state index contributed by atoms with van der Waals surface area (Å²) in [6.07, 6.45) is 0. The van der Waals surface area contributed by atoms with Crippen molar-refractivity contribution in [3.63, 3.8) is 0 Å². The van der Waals surface area contributed by atoms with Gasteiger partial charge < -0.3 is 21.1 Å². The van der Waals surface area contributed by atoms with E-state index in [-0.39, 0.29) is 18.4 Å². The zero-order chi connectivity index (χ0) is 14.3. The van der Waals surface area contributed by atoms with Gasteiger partial charge in [-0.25, -0.2) is 0 Å². The monoisotopic (exact) mass is 259 g/mol. The Balaban J connectivity index is 4.37. The van der Waals surface area contributed by atoms with Gasteiger partial charge in [-0.15, -0.1) is 0 Å². The van der Waals surface area contributed by atoms with E-state index in [2.05, 4.69) is 16.0 Å². The normalized spacial score (nSPS) is 12.5. The molecule has 0 rings (SSSR count). The molecule has 0 aromatic rings. The second-order valence-electron chi connectivity index (χ2n) is 4.85. The summed E-state index contributed by atoms with van der Waals surface area (Å²) >= 11 is 0. The fourth-order valence-electron chi connectivity index (χ4n) is 0.948. The molecule has 0 spiro atoms. The molecular formula is C11H21N3O4. The summed E-state index contributed by atoms with van der Waals surface area (Å²) in [5.74, 6) is -1.31. The van der Waals surface area contributed by atoms with E-state index in [1.54, 1.807) is 20.8 Å². The first kappa shape index (κ1) is 16.4. The minimum atomic E-state index is -1.05. The van der Waals surface area contributed by atoms with Gasteiger partial charge in [-0.1, -0.05) is 20.8 Å². The van der Waals surface area contributed by atoms with E-state index in [9.17, 15) is 14.4 Å². The Hall–Kier alpha value is -1.63. The third-order valence-electron chi connectivity index (χ3n) is 2.19. The van der Waals surface area contributed by atoms with Crippen LogP contribution in [0.25, 0.3) is 0 Å². The summed E-state index contributed by atoms with van der Waals surface area (Å²) < 4.78 is 0. The fraction of sp³-hybridized carbons (Fsp3) is 0.727. The lowest BCUT2D eigenvalue weighted by Gasteiger charge is -2.22. The number of carbonyl (C=O) groups is 3. The first-order chi connectivity index (χ1) is 8.22. The Morgan fingerprint density at radius 2 is 1.78 bits per heavy atom. The van der Waals surface area contributed by atoms with E-state index in [4.69, 9.17) is 5.11 Å². The first-order valence-corrected chi connectivity index (χ1v) is 5.62. The van der Waals surface area contributed by atoms with E-state index in [1.807, 2.05) is 0 Å². The molecule has 4 N–H and O–H groups in total. The number of carbonyl (C=O) groups excluding carboxylic acids is 3. The molecule has 3 amide bonds. The predicted octanol–water partition coefficient (Wildman–Crippen LogP) is -1.63. The van der Waals surface area contributed by atoms with Crippen molar-refractivity contribution >= 4 is 17.7 Å². The molecule has 0 radical (unpaired) electrons. The van der Waals surface area contributed by atoms with Crippen molar-refractivity contribution in [2.24, 2.45) is 5.41 Å². The minimum Gasteiger partial charge on any atom is -0.394 e. The van der Waals surface area contributed by atoms with Gasteiger partial charge >= 0.3 is 0 Å². The van der Waals surface area contributed by atoms with Crippen LogP contribution in [0.5, 0.6) is 0 Å². The van der Waals surface area contributed by atoms with E-state index in [0.29, 0.717) is 0 Å². The lowest BCUT2D eigenvalue weighted by molar-refractivity contribution is -0.134. The third-order valence-corrected chi connectivity index (χ3v) is 2.19. The van der Waals surface area contributed by atoms with Gasteiger partial charge in [0, 0.05) is 12.5 Å². The molecule has 7 nitrogen and oxygen atoms in total. The zero-order valence-electron chi connectivity index (χ0n) is 11.2. The smallest absolute Gasteiger partial charge is 0.245 e. The highest BCUT2D eigenvalue weighted by atomic mass is 16.3. The Morgan fingerprint density at radius 1 is 1.22 bits per heavy atom.